The number of ether oxygens (including phenoxy) is 1. The average molecular weight is 493 g/mol. The molecule has 0 aromatic heterocycles. The van der Waals surface area contributed by atoms with Crippen LogP contribution in [0.3, 0.4) is 0 Å². The third-order valence-corrected chi connectivity index (χ3v) is 5.25. The molecule has 2 unspecified atom stereocenters. The summed E-state index contributed by atoms with van der Waals surface area (Å²) in [6.45, 7) is 2.65. The third kappa shape index (κ3) is 4.44. The summed E-state index contributed by atoms with van der Waals surface area (Å²) >= 11 is 1.99. The van der Waals surface area contributed by atoms with Crippen molar-refractivity contribution in [3.8, 4) is 11.5 Å². The van der Waals surface area contributed by atoms with Crippen molar-refractivity contribution in [3.05, 3.63) is 57.2 Å². The van der Waals surface area contributed by atoms with Gasteiger partial charge >= 0.3 is 0 Å². The van der Waals surface area contributed by atoms with Crippen LogP contribution >= 0.6 is 22.6 Å². The van der Waals surface area contributed by atoms with Gasteiger partial charge in [-0.2, -0.15) is 5.10 Å². The molecule has 0 radical (unpaired) electrons. The van der Waals surface area contributed by atoms with Crippen LogP contribution in [0.1, 0.15) is 24.0 Å². The van der Waals surface area contributed by atoms with Gasteiger partial charge < -0.3 is 15.2 Å². The normalized spacial score (nSPS) is 18.9. The average Bonchev–Trinajstić information content (AvgIpc) is 3.08. The van der Waals surface area contributed by atoms with Crippen LogP contribution in [0.2, 0.25) is 0 Å². The van der Waals surface area contributed by atoms with Gasteiger partial charge in [0.25, 0.3) is 5.91 Å². The van der Waals surface area contributed by atoms with Gasteiger partial charge in [-0.3, -0.25) is 9.59 Å². The quantitative estimate of drug-likeness (QED) is 0.249. The number of amides is 2. The van der Waals surface area contributed by atoms with E-state index in [4.69, 9.17) is 4.74 Å². The smallest absolute Gasteiger partial charge is 0.253 e. The van der Waals surface area contributed by atoms with E-state index in [9.17, 15) is 14.7 Å². The molecule has 0 aliphatic carbocycles. The Balaban J connectivity index is 1.72. The van der Waals surface area contributed by atoms with Crippen molar-refractivity contribution >= 4 is 40.6 Å². The van der Waals surface area contributed by atoms with Gasteiger partial charge in [0.1, 0.15) is 5.92 Å². The SMILES string of the molecule is CCOc1cc(C=NNC(=O)C2C(=O)NCC2c2ccccc2)cc(I)c1O. The number of carbonyl (C=O) groups excluding carboxylic acids is 2. The van der Waals surface area contributed by atoms with Gasteiger partial charge in [-0.25, -0.2) is 5.43 Å². The van der Waals surface area contributed by atoms with Gasteiger partial charge in [0, 0.05) is 12.5 Å². The van der Waals surface area contributed by atoms with Crippen LogP contribution in [0.15, 0.2) is 47.6 Å². The highest BCUT2D eigenvalue weighted by atomic mass is 127. The summed E-state index contributed by atoms with van der Waals surface area (Å²) in [5, 5.41) is 16.7. The molecule has 1 aliphatic heterocycles. The highest BCUT2D eigenvalue weighted by molar-refractivity contribution is 14.1. The molecule has 0 spiro atoms. The lowest BCUT2D eigenvalue weighted by molar-refractivity contribution is -0.133. The van der Waals surface area contributed by atoms with E-state index in [1.807, 2.05) is 59.8 Å². The Labute approximate surface area is 176 Å². The molecule has 3 N–H and O–H groups in total. The zero-order valence-corrected chi connectivity index (χ0v) is 17.3. The zero-order chi connectivity index (χ0) is 20.1. The second-order valence-electron chi connectivity index (χ2n) is 6.26. The Morgan fingerprint density at radius 2 is 2.14 bits per heavy atom. The summed E-state index contributed by atoms with van der Waals surface area (Å²) < 4.78 is 5.99. The van der Waals surface area contributed by atoms with E-state index in [2.05, 4.69) is 15.8 Å². The number of nitrogens with one attached hydrogen (secondary N) is 2. The van der Waals surface area contributed by atoms with Gasteiger partial charge in [-0.05, 0) is 52.8 Å². The third-order valence-electron chi connectivity index (χ3n) is 4.43. The van der Waals surface area contributed by atoms with E-state index >= 15 is 0 Å². The minimum Gasteiger partial charge on any atom is -0.504 e. The maximum absolute atomic E-state index is 12.6. The molecular formula is C20H20IN3O4. The first-order valence-electron chi connectivity index (χ1n) is 8.82. The molecule has 1 saturated heterocycles. The summed E-state index contributed by atoms with van der Waals surface area (Å²) in [5.41, 5.74) is 4.04. The van der Waals surface area contributed by atoms with Gasteiger partial charge in [0.15, 0.2) is 11.5 Å². The summed E-state index contributed by atoms with van der Waals surface area (Å²) in [5.74, 6) is -1.42. The van der Waals surface area contributed by atoms with E-state index in [0.29, 0.717) is 28.0 Å². The molecule has 28 heavy (non-hydrogen) atoms. The highest BCUT2D eigenvalue weighted by Gasteiger charge is 2.40. The Kier molecular flexibility index (Phi) is 6.50. The topological polar surface area (TPSA) is 100 Å². The number of phenolic OH excluding ortho intramolecular Hbond substituents is 1. The van der Waals surface area contributed by atoms with Gasteiger partial charge in [-0.15, -0.1) is 0 Å². The Morgan fingerprint density at radius 1 is 1.39 bits per heavy atom. The van der Waals surface area contributed by atoms with Crippen LogP contribution in [0.4, 0.5) is 0 Å². The predicted molar refractivity (Wildman–Crippen MR) is 113 cm³/mol. The van der Waals surface area contributed by atoms with E-state index in [-0.39, 0.29) is 17.6 Å². The molecule has 1 fully saturated rings. The van der Waals surface area contributed by atoms with Crippen LogP contribution in [0.5, 0.6) is 11.5 Å². The number of hydrogen-bond acceptors (Lipinski definition) is 5. The number of benzene rings is 2. The number of aromatic hydroxyl groups is 1. The molecule has 8 heteroatoms. The molecule has 7 nitrogen and oxygen atoms in total. The molecule has 2 aromatic carbocycles. The monoisotopic (exact) mass is 493 g/mol. The Morgan fingerprint density at radius 3 is 2.86 bits per heavy atom. The number of hydrogen-bond donors (Lipinski definition) is 3. The molecule has 2 aromatic rings. The fourth-order valence-electron chi connectivity index (χ4n) is 3.11. The summed E-state index contributed by atoms with van der Waals surface area (Å²) in [6.07, 6.45) is 1.45. The van der Waals surface area contributed by atoms with Crippen molar-refractivity contribution in [1.82, 2.24) is 10.7 Å². The lowest BCUT2D eigenvalue weighted by atomic mass is 9.88. The fraction of sp³-hybridized carbons (Fsp3) is 0.250. The van der Waals surface area contributed by atoms with Crippen LogP contribution in [-0.2, 0) is 9.59 Å². The first-order chi connectivity index (χ1) is 13.5. The first kappa shape index (κ1) is 20.1. The van der Waals surface area contributed by atoms with Crippen molar-refractivity contribution in [2.75, 3.05) is 13.2 Å². The molecule has 1 aliphatic rings. The van der Waals surface area contributed by atoms with Crippen molar-refractivity contribution in [2.45, 2.75) is 12.8 Å². The highest BCUT2D eigenvalue weighted by Crippen LogP contribution is 2.32. The summed E-state index contributed by atoms with van der Waals surface area (Å²) in [4.78, 5) is 24.7. The molecular weight excluding hydrogens is 473 g/mol. The van der Waals surface area contributed by atoms with Crippen molar-refractivity contribution in [2.24, 2.45) is 11.0 Å². The minimum atomic E-state index is -0.835. The Hall–Kier alpha value is -2.62. The number of nitrogens with zero attached hydrogens (tertiary/aromatic N) is 1. The van der Waals surface area contributed by atoms with E-state index < -0.39 is 11.8 Å². The van der Waals surface area contributed by atoms with Crippen LogP contribution in [-0.4, -0.2) is 36.3 Å². The number of halogens is 1. The summed E-state index contributed by atoms with van der Waals surface area (Å²) in [6, 6.07) is 12.8. The second-order valence-corrected chi connectivity index (χ2v) is 7.42. The van der Waals surface area contributed by atoms with Crippen LogP contribution in [0, 0.1) is 9.49 Å². The number of rotatable bonds is 6. The van der Waals surface area contributed by atoms with Crippen LogP contribution < -0.4 is 15.5 Å². The van der Waals surface area contributed by atoms with Gasteiger partial charge in [0.05, 0.1) is 16.4 Å². The summed E-state index contributed by atoms with van der Waals surface area (Å²) in [7, 11) is 0. The lowest BCUT2D eigenvalue weighted by Crippen LogP contribution is -2.34. The van der Waals surface area contributed by atoms with E-state index in [0.717, 1.165) is 5.56 Å². The predicted octanol–water partition coefficient (Wildman–Crippen LogP) is 2.38. The van der Waals surface area contributed by atoms with Crippen LogP contribution in [0.25, 0.3) is 0 Å². The molecule has 0 saturated carbocycles. The number of carbonyl (C=O) groups is 2. The lowest BCUT2D eigenvalue weighted by Gasteiger charge is -2.15. The van der Waals surface area contributed by atoms with Crippen molar-refractivity contribution < 1.29 is 19.4 Å². The maximum atomic E-state index is 12.6. The first-order valence-corrected chi connectivity index (χ1v) is 9.90. The zero-order valence-electron chi connectivity index (χ0n) is 15.2. The maximum Gasteiger partial charge on any atom is 0.253 e. The van der Waals surface area contributed by atoms with E-state index in [1.165, 1.54) is 6.21 Å². The standard InChI is InChI=1S/C20H20IN3O4/c1-2-28-16-9-12(8-15(21)18(16)25)10-23-24-20(27)17-14(11-22-19(17)26)13-6-4-3-5-7-13/h3-10,14,17,25H,2,11H2,1H3,(H,22,26)(H,24,27). The molecule has 1 heterocycles. The molecule has 2 amide bonds. The van der Waals surface area contributed by atoms with Gasteiger partial charge in [0.2, 0.25) is 5.91 Å². The largest absolute Gasteiger partial charge is 0.504 e. The molecule has 2 atom stereocenters. The van der Waals surface area contributed by atoms with E-state index in [1.54, 1.807) is 12.1 Å². The number of hydrazone groups is 1. The Bertz CT molecular complexity index is 902. The fourth-order valence-corrected chi connectivity index (χ4v) is 3.73. The minimum absolute atomic E-state index is 0.0666. The number of phenols is 1. The van der Waals surface area contributed by atoms with Crippen molar-refractivity contribution in [1.29, 1.82) is 0 Å². The van der Waals surface area contributed by atoms with Crippen molar-refractivity contribution in [3.63, 3.8) is 0 Å². The molecule has 3 rings (SSSR count). The molecule has 0 bridgehead atoms. The molecule has 146 valence electrons. The second kappa shape index (κ2) is 9.05. The van der Waals surface area contributed by atoms with Gasteiger partial charge in [-0.1, -0.05) is 30.3 Å².